The quantitative estimate of drug-likeness (QED) is 0.808. The highest BCUT2D eigenvalue weighted by molar-refractivity contribution is 5.81. The maximum atomic E-state index is 12.6. The van der Waals surface area contributed by atoms with Crippen LogP contribution in [0.5, 0.6) is 0 Å². The molecule has 0 spiro atoms. The third-order valence-corrected chi connectivity index (χ3v) is 5.38. The molecule has 0 bridgehead atoms. The fourth-order valence-electron chi connectivity index (χ4n) is 3.79. The van der Waals surface area contributed by atoms with Gasteiger partial charge in [0.1, 0.15) is 0 Å². The molecule has 1 aliphatic heterocycles. The van der Waals surface area contributed by atoms with E-state index in [2.05, 4.69) is 5.32 Å². The Kier molecular flexibility index (Phi) is 4.48. The Bertz CT molecular complexity index is 400. The number of carbonyl (C=O) groups is 2. The fourth-order valence-corrected chi connectivity index (χ4v) is 3.79. The Morgan fingerprint density at radius 3 is 2.38 bits per heavy atom. The van der Waals surface area contributed by atoms with Crippen LogP contribution >= 0.6 is 0 Å². The van der Waals surface area contributed by atoms with Crippen LogP contribution in [-0.4, -0.2) is 42.4 Å². The van der Waals surface area contributed by atoms with Gasteiger partial charge in [0.25, 0.3) is 0 Å². The van der Waals surface area contributed by atoms with Gasteiger partial charge >= 0.3 is 0 Å². The molecule has 2 saturated carbocycles. The van der Waals surface area contributed by atoms with Crippen LogP contribution in [0.3, 0.4) is 0 Å². The Morgan fingerprint density at radius 1 is 1.05 bits per heavy atom. The number of nitrogens with zero attached hydrogens (tertiary/aromatic N) is 1. The van der Waals surface area contributed by atoms with Gasteiger partial charge < -0.3 is 16.0 Å². The van der Waals surface area contributed by atoms with Crippen molar-refractivity contribution in [1.82, 2.24) is 10.2 Å². The van der Waals surface area contributed by atoms with Gasteiger partial charge in [0.05, 0.1) is 0 Å². The van der Waals surface area contributed by atoms with E-state index in [4.69, 9.17) is 5.73 Å². The molecule has 3 fully saturated rings. The summed E-state index contributed by atoms with van der Waals surface area (Å²) in [6.07, 6.45) is 7.11. The van der Waals surface area contributed by atoms with Gasteiger partial charge in [0.2, 0.25) is 11.8 Å². The molecule has 2 unspecified atom stereocenters. The Labute approximate surface area is 126 Å². The highest BCUT2D eigenvalue weighted by Crippen LogP contribution is 2.33. The van der Waals surface area contributed by atoms with Crippen LogP contribution in [0.2, 0.25) is 0 Å². The number of piperidine rings is 1. The number of hydrogen-bond acceptors (Lipinski definition) is 3. The fraction of sp³-hybridized carbons (Fsp3) is 0.875. The van der Waals surface area contributed by atoms with Crippen molar-refractivity contribution in [2.45, 2.75) is 51.0 Å². The van der Waals surface area contributed by atoms with Crippen LogP contribution < -0.4 is 11.1 Å². The van der Waals surface area contributed by atoms with Crippen molar-refractivity contribution in [1.29, 1.82) is 0 Å². The first kappa shape index (κ1) is 14.8. The number of nitrogens with two attached hydrogens (primary N) is 1. The van der Waals surface area contributed by atoms with E-state index >= 15 is 0 Å². The first-order valence-corrected chi connectivity index (χ1v) is 8.48. The van der Waals surface area contributed by atoms with Gasteiger partial charge in [-0.25, -0.2) is 0 Å². The van der Waals surface area contributed by atoms with Crippen LogP contribution in [0.1, 0.15) is 44.9 Å². The standard InChI is InChI=1S/C16H27N3O2/c17-10-12-2-1-3-14(12)16(21)19-8-6-13(7-9-19)18-15(20)11-4-5-11/h11-14H,1-10,17H2,(H,18,20). The normalized spacial score (nSPS) is 30.4. The van der Waals surface area contributed by atoms with Gasteiger partial charge in [-0.3, -0.25) is 9.59 Å². The second-order valence-corrected chi connectivity index (χ2v) is 6.92. The molecule has 0 radical (unpaired) electrons. The third kappa shape index (κ3) is 3.39. The summed E-state index contributed by atoms with van der Waals surface area (Å²) in [5.74, 6) is 1.32. The molecule has 5 nitrogen and oxygen atoms in total. The predicted molar refractivity (Wildman–Crippen MR) is 80.4 cm³/mol. The second kappa shape index (κ2) is 6.34. The zero-order valence-electron chi connectivity index (χ0n) is 12.7. The van der Waals surface area contributed by atoms with Crippen molar-refractivity contribution in [3.8, 4) is 0 Å². The summed E-state index contributed by atoms with van der Waals surface area (Å²) in [5, 5.41) is 3.13. The van der Waals surface area contributed by atoms with E-state index < -0.39 is 0 Å². The highest BCUT2D eigenvalue weighted by Gasteiger charge is 2.36. The van der Waals surface area contributed by atoms with Gasteiger partial charge in [-0.2, -0.15) is 0 Å². The van der Waals surface area contributed by atoms with Crippen LogP contribution in [-0.2, 0) is 9.59 Å². The molecule has 0 aromatic rings. The molecular formula is C16H27N3O2. The lowest BCUT2D eigenvalue weighted by Gasteiger charge is -2.35. The van der Waals surface area contributed by atoms with Gasteiger partial charge in [0, 0.05) is 31.0 Å². The van der Waals surface area contributed by atoms with Crippen LogP contribution in [0.25, 0.3) is 0 Å². The largest absolute Gasteiger partial charge is 0.353 e. The molecule has 1 saturated heterocycles. The van der Waals surface area contributed by atoms with Crippen molar-refractivity contribution in [2.24, 2.45) is 23.5 Å². The highest BCUT2D eigenvalue weighted by atomic mass is 16.2. The third-order valence-electron chi connectivity index (χ3n) is 5.38. The zero-order valence-corrected chi connectivity index (χ0v) is 12.7. The average Bonchev–Trinajstić information content (AvgIpc) is 3.25. The minimum atomic E-state index is 0.146. The first-order chi connectivity index (χ1) is 10.2. The van der Waals surface area contributed by atoms with Crippen LogP contribution in [0.4, 0.5) is 0 Å². The lowest BCUT2D eigenvalue weighted by molar-refractivity contribution is -0.137. The van der Waals surface area contributed by atoms with E-state index in [9.17, 15) is 9.59 Å². The van der Waals surface area contributed by atoms with Crippen LogP contribution in [0.15, 0.2) is 0 Å². The Balaban J connectivity index is 1.46. The molecule has 3 aliphatic rings. The van der Waals surface area contributed by atoms with E-state index in [1.807, 2.05) is 4.90 Å². The summed E-state index contributed by atoms with van der Waals surface area (Å²) >= 11 is 0. The van der Waals surface area contributed by atoms with E-state index in [1.54, 1.807) is 0 Å². The smallest absolute Gasteiger partial charge is 0.226 e. The summed E-state index contributed by atoms with van der Waals surface area (Å²) in [7, 11) is 0. The molecule has 0 aromatic heterocycles. The summed E-state index contributed by atoms with van der Waals surface area (Å²) in [6.45, 7) is 2.19. The molecule has 2 amide bonds. The predicted octanol–water partition coefficient (Wildman–Crippen LogP) is 0.879. The molecule has 3 rings (SSSR count). The zero-order chi connectivity index (χ0) is 14.8. The topological polar surface area (TPSA) is 75.4 Å². The number of rotatable bonds is 4. The van der Waals surface area contributed by atoms with Crippen molar-refractivity contribution < 1.29 is 9.59 Å². The number of carbonyl (C=O) groups excluding carboxylic acids is 2. The molecule has 2 aliphatic carbocycles. The minimum absolute atomic E-state index is 0.146. The van der Waals surface area contributed by atoms with Gasteiger partial charge in [0.15, 0.2) is 0 Å². The number of amides is 2. The monoisotopic (exact) mass is 293 g/mol. The second-order valence-electron chi connectivity index (χ2n) is 6.92. The summed E-state index contributed by atoms with van der Waals surface area (Å²) in [5.41, 5.74) is 5.78. The van der Waals surface area contributed by atoms with Gasteiger partial charge in [-0.05, 0) is 51.0 Å². The molecule has 5 heteroatoms. The van der Waals surface area contributed by atoms with E-state index in [1.165, 1.54) is 0 Å². The molecule has 118 valence electrons. The van der Waals surface area contributed by atoms with Gasteiger partial charge in [-0.15, -0.1) is 0 Å². The maximum Gasteiger partial charge on any atom is 0.226 e. The first-order valence-electron chi connectivity index (χ1n) is 8.48. The van der Waals surface area contributed by atoms with E-state index in [0.717, 1.165) is 58.0 Å². The van der Waals surface area contributed by atoms with E-state index in [0.29, 0.717) is 18.4 Å². The van der Waals surface area contributed by atoms with Crippen molar-refractivity contribution in [2.75, 3.05) is 19.6 Å². The van der Waals surface area contributed by atoms with Crippen molar-refractivity contribution in [3.05, 3.63) is 0 Å². The number of nitrogens with one attached hydrogen (secondary N) is 1. The summed E-state index contributed by atoms with van der Waals surface area (Å²) in [6, 6.07) is 0.260. The Hall–Kier alpha value is -1.10. The molecule has 0 aromatic carbocycles. The summed E-state index contributed by atoms with van der Waals surface area (Å²) in [4.78, 5) is 26.4. The average molecular weight is 293 g/mol. The van der Waals surface area contributed by atoms with Gasteiger partial charge in [-0.1, -0.05) is 6.42 Å². The summed E-state index contributed by atoms with van der Waals surface area (Å²) < 4.78 is 0. The lowest BCUT2D eigenvalue weighted by atomic mass is 9.93. The van der Waals surface area contributed by atoms with Crippen molar-refractivity contribution in [3.63, 3.8) is 0 Å². The molecule has 1 heterocycles. The number of hydrogen-bond donors (Lipinski definition) is 2. The lowest BCUT2D eigenvalue weighted by Crippen LogP contribution is -2.49. The van der Waals surface area contributed by atoms with E-state index in [-0.39, 0.29) is 23.8 Å². The SMILES string of the molecule is NCC1CCCC1C(=O)N1CCC(NC(=O)C2CC2)CC1. The molecule has 2 atom stereocenters. The van der Waals surface area contributed by atoms with Crippen LogP contribution in [0, 0.1) is 17.8 Å². The molecule has 3 N–H and O–H groups in total. The maximum absolute atomic E-state index is 12.6. The molecular weight excluding hydrogens is 266 g/mol. The number of likely N-dealkylation sites (tertiary alicyclic amines) is 1. The Morgan fingerprint density at radius 2 is 1.76 bits per heavy atom. The molecule has 21 heavy (non-hydrogen) atoms. The van der Waals surface area contributed by atoms with Crippen molar-refractivity contribution >= 4 is 11.8 Å². The minimum Gasteiger partial charge on any atom is -0.353 e.